The van der Waals surface area contributed by atoms with Crippen molar-refractivity contribution in [1.82, 2.24) is 0 Å². The quantitative estimate of drug-likeness (QED) is 0.769. The number of carboxylic acid groups (broad SMARTS) is 1. The Bertz CT molecular complexity index is 301. The van der Waals surface area contributed by atoms with E-state index in [9.17, 15) is 13.2 Å². The molecule has 1 aliphatic rings. The van der Waals surface area contributed by atoms with Crippen molar-refractivity contribution in [3.05, 3.63) is 0 Å². The van der Waals surface area contributed by atoms with Crippen molar-refractivity contribution in [1.29, 1.82) is 0 Å². The summed E-state index contributed by atoms with van der Waals surface area (Å²) in [5.74, 6) is -1.43. The highest BCUT2D eigenvalue weighted by atomic mass is 32.2. The van der Waals surface area contributed by atoms with Crippen LogP contribution in [0.5, 0.6) is 0 Å². The van der Waals surface area contributed by atoms with Gasteiger partial charge < -0.3 is 5.11 Å². The Balaban J connectivity index is 2.89. The minimum absolute atomic E-state index is 0.0829. The molecule has 0 aromatic heterocycles. The first-order chi connectivity index (χ1) is 6.49. The van der Waals surface area contributed by atoms with Gasteiger partial charge in [0.2, 0.25) is 0 Å². The van der Waals surface area contributed by atoms with Crippen molar-refractivity contribution in [2.45, 2.75) is 37.9 Å². The third-order valence-corrected chi connectivity index (χ3v) is 5.03. The molecule has 0 aromatic rings. The zero-order chi connectivity index (χ0) is 10.8. The summed E-state index contributed by atoms with van der Waals surface area (Å²) in [5, 5.41) is 7.75. The molecular formula is C9H16O4S. The molecule has 1 N–H and O–H groups in total. The van der Waals surface area contributed by atoms with Gasteiger partial charge in [-0.1, -0.05) is 19.8 Å². The van der Waals surface area contributed by atoms with E-state index < -0.39 is 21.1 Å². The van der Waals surface area contributed by atoms with E-state index in [4.69, 9.17) is 5.11 Å². The smallest absolute Gasteiger partial charge is 0.322 e. The average molecular weight is 220 g/mol. The van der Waals surface area contributed by atoms with Gasteiger partial charge in [0.15, 0.2) is 15.1 Å². The normalized spacial score (nSPS) is 20.9. The van der Waals surface area contributed by atoms with Gasteiger partial charge in [0.25, 0.3) is 0 Å². The summed E-state index contributed by atoms with van der Waals surface area (Å²) in [6.45, 7) is 1.50. The van der Waals surface area contributed by atoms with Crippen molar-refractivity contribution in [2.24, 2.45) is 5.92 Å². The minimum Gasteiger partial charge on any atom is -0.480 e. The molecule has 0 aromatic carbocycles. The summed E-state index contributed by atoms with van der Waals surface area (Å²) in [7, 11) is -3.44. The Kier molecular flexibility index (Phi) is 3.53. The molecule has 14 heavy (non-hydrogen) atoms. The van der Waals surface area contributed by atoms with E-state index in [1.807, 2.05) is 0 Å². The summed E-state index contributed by atoms with van der Waals surface area (Å²) in [5.41, 5.74) is 0. The van der Waals surface area contributed by atoms with E-state index in [0.717, 1.165) is 25.7 Å². The molecule has 0 unspecified atom stereocenters. The maximum Gasteiger partial charge on any atom is 0.322 e. The molecule has 0 radical (unpaired) electrons. The van der Waals surface area contributed by atoms with Crippen LogP contribution in [0.3, 0.4) is 0 Å². The zero-order valence-corrected chi connectivity index (χ0v) is 9.09. The molecule has 0 saturated heterocycles. The molecular weight excluding hydrogens is 204 g/mol. The predicted molar refractivity (Wildman–Crippen MR) is 52.8 cm³/mol. The maximum absolute atomic E-state index is 11.5. The van der Waals surface area contributed by atoms with Gasteiger partial charge in [-0.05, 0) is 18.8 Å². The van der Waals surface area contributed by atoms with E-state index >= 15 is 0 Å². The molecule has 0 heterocycles. The highest BCUT2D eigenvalue weighted by Crippen LogP contribution is 2.31. The summed E-state index contributed by atoms with van der Waals surface area (Å²) in [4.78, 5) is 10.9. The van der Waals surface area contributed by atoms with Gasteiger partial charge in [-0.15, -0.1) is 0 Å². The Morgan fingerprint density at radius 1 is 1.43 bits per heavy atom. The molecule has 1 aliphatic carbocycles. The summed E-state index contributed by atoms with van der Waals surface area (Å²) >= 11 is 0. The third-order valence-electron chi connectivity index (χ3n) is 2.86. The van der Waals surface area contributed by atoms with Crippen LogP contribution in [0.15, 0.2) is 0 Å². The molecule has 0 spiro atoms. The van der Waals surface area contributed by atoms with Crippen LogP contribution in [0, 0.1) is 5.92 Å². The first kappa shape index (κ1) is 11.5. The number of carbonyl (C=O) groups is 1. The molecule has 0 amide bonds. The average Bonchev–Trinajstić information content (AvgIpc) is 2.56. The summed E-state index contributed by atoms with van der Waals surface area (Å²) in [6, 6.07) is 0. The Hall–Kier alpha value is -0.580. The molecule has 1 fully saturated rings. The standard InChI is InChI=1S/C9H16O4S/c1-2-14(12,13)8(9(10)11)7-5-3-4-6-7/h7-8H,2-6H2,1H3,(H,10,11)/t8-/m0/s1. The van der Waals surface area contributed by atoms with E-state index in [-0.39, 0.29) is 11.7 Å². The number of aliphatic carboxylic acids is 1. The predicted octanol–water partition coefficient (Wildman–Crippen LogP) is 1.06. The second-order valence-corrected chi connectivity index (χ2v) is 6.17. The van der Waals surface area contributed by atoms with E-state index in [2.05, 4.69) is 0 Å². The Labute approximate surface area is 84.2 Å². The van der Waals surface area contributed by atoms with Crippen LogP contribution in [0.1, 0.15) is 32.6 Å². The second kappa shape index (κ2) is 4.29. The van der Waals surface area contributed by atoms with Crippen molar-refractivity contribution in [2.75, 3.05) is 5.75 Å². The largest absolute Gasteiger partial charge is 0.480 e. The summed E-state index contributed by atoms with van der Waals surface area (Å²) in [6.07, 6.45) is 3.37. The fourth-order valence-corrected chi connectivity index (χ4v) is 3.61. The first-order valence-electron chi connectivity index (χ1n) is 4.93. The number of carboxylic acids is 1. The Morgan fingerprint density at radius 2 is 1.93 bits per heavy atom. The van der Waals surface area contributed by atoms with E-state index in [1.165, 1.54) is 6.92 Å². The van der Waals surface area contributed by atoms with Crippen LogP contribution >= 0.6 is 0 Å². The lowest BCUT2D eigenvalue weighted by Crippen LogP contribution is -2.37. The van der Waals surface area contributed by atoms with Gasteiger partial charge in [0.05, 0.1) is 0 Å². The molecule has 0 bridgehead atoms. The van der Waals surface area contributed by atoms with Crippen LogP contribution in [0.25, 0.3) is 0 Å². The topological polar surface area (TPSA) is 71.4 Å². The minimum atomic E-state index is -3.44. The van der Waals surface area contributed by atoms with Crippen LogP contribution in [-0.2, 0) is 14.6 Å². The number of hydrogen-bond donors (Lipinski definition) is 1. The highest BCUT2D eigenvalue weighted by Gasteiger charge is 2.39. The summed E-state index contributed by atoms with van der Waals surface area (Å²) < 4.78 is 23.1. The lowest BCUT2D eigenvalue weighted by Gasteiger charge is -2.18. The van der Waals surface area contributed by atoms with Crippen LogP contribution in [-0.4, -0.2) is 30.5 Å². The van der Waals surface area contributed by atoms with Gasteiger partial charge in [-0.2, -0.15) is 0 Å². The van der Waals surface area contributed by atoms with E-state index in [0.29, 0.717) is 0 Å². The molecule has 0 aliphatic heterocycles. The van der Waals surface area contributed by atoms with E-state index in [1.54, 1.807) is 0 Å². The molecule has 1 rings (SSSR count). The van der Waals surface area contributed by atoms with Gasteiger partial charge >= 0.3 is 5.97 Å². The third kappa shape index (κ3) is 2.26. The van der Waals surface area contributed by atoms with Crippen LogP contribution < -0.4 is 0 Å². The monoisotopic (exact) mass is 220 g/mol. The zero-order valence-electron chi connectivity index (χ0n) is 8.27. The molecule has 4 nitrogen and oxygen atoms in total. The molecule has 1 saturated carbocycles. The fraction of sp³-hybridized carbons (Fsp3) is 0.889. The SMILES string of the molecule is CCS(=O)(=O)[C@H](C(=O)O)C1CCCC1. The second-order valence-electron chi connectivity index (χ2n) is 3.75. The number of hydrogen-bond acceptors (Lipinski definition) is 3. The maximum atomic E-state index is 11.5. The number of sulfone groups is 1. The lowest BCUT2D eigenvalue weighted by molar-refractivity contribution is -0.137. The number of rotatable bonds is 4. The molecule has 82 valence electrons. The van der Waals surface area contributed by atoms with Crippen molar-refractivity contribution in [3.8, 4) is 0 Å². The van der Waals surface area contributed by atoms with Gasteiger partial charge in [0, 0.05) is 5.75 Å². The van der Waals surface area contributed by atoms with Crippen molar-refractivity contribution in [3.63, 3.8) is 0 Å². The van der Waals surface area contributed by atoms with Gasteiger partial charge in [-0.25, -0.2) is 8.42 Å². The van der Waals surface area contributed by atoms with Crippen LogP contribution in [0.2, 0.25) is 0 Å². The van der Waals surface area contributed by atoms with Gasteiger partial charge in [-0.3, -0.25) is 4.79 Å². The van der Waals surface area contributed by atoms with Crippen molar-refractivity contribution >= 4 is 15.8 Å². The van der Waals surface area contributed by atoms with Crippen LogP contribution in [0.4, 0.5) is 0 Å². The first-order valence-corrected chi connectivity index (χ1v) is 6.65. The Morgan fingerprint density at radius 3 is 2.29 bits per heavy atom. The van der Waals surface area contributed by atoms with Gasteiger partial charge in [0.1, 0.15) is 0 Å². The molecule has 5 heteroatoms. The lowest BCUT2D eigenvalue weighted by atomic mass is 10.0. The van der Waals surface area contributed by atoms with Crippen molar-refractivity contribution < 1.29 is 18.3 Å². The molecule has 1 atom stereocenters. The fourth-order valence-electron chi connectivity index (χ4n) is 2.09. The highest BCUT2D eigenvalue weighted by molar-refractivity contribution is 7.92.